The highest BCUT2D eigenvalue weighted by Crippen LogP contribution is 2.32. The third kappa shape index (κ3) is 4.62. The van der Waals surface area contributed by atoms with Crippen LogP contribution < -0.4 is 5.56 Å². The molecule has 0 N–H and O–H groups in total. The molecule has 1 aliphatic rings. The summed E-state index contributed by atoms with van der Waals surface area (Å²) in [5.41, 5.74) is 4.20. The summed E-state index contributed by atoms with van der Waals surface area (Å²) in [6.45, 7) is 9.16. The van der Waals surface area contributed by atoms with E-state index in [0.717, 1.165) is 49.5 Å². The van der Waals surface area contributed by atoms with Crippen LogP contribution in [0.2, 0.25) is 0 Å². The summed E-state index contributed by atoms with van der Waals surface area (Å²) in [7, 11) is 2.06. The Morgan fingerprint density at radius 3 is 2.46 bits per heavy atom. The molecule has 0 radical (unpaired) electrons. The minimum atomic E-state index is -4.45. The Morgan fingerprint density at radius 1 is 1.06 bits per heavy atom. The standard InChI is InChI=1S/C25H23F3N4O.C2H6/c1-3-31-10-9-22-20(15-31)19-6-5-18(13-23(19)30(22)2)32-11-8-16(12-24(32)33)21-7-4-17(14-29-21)25(26,27)28;1-2/h4-8,11-14H,3,9-10,15H2,1-2H3;1-2H3. The number of hydrogen-bond acceptors (Lipinski definition) is 3. The Bertz CT molecular complexity index is 1400. The lowest BCUT2D eigenvalue weighted by molar-refractivity contribution is -0.137. The molecule has 0 unspecified atom stereocenters. The molecular formula is C27H29F3N4O. The normalized spacial score (nSPS) is 13.9. The van der Waals surface area contributed by atoms with Crippen molar-refractivity contribution in [1.82, 2.24) is 19.0 Å². The monoisotopic (exact) mass is 482 g/mol. The molecule has 4 heterocycles. The highest BCUT2D eigenvalue weighted by Gasteiger charge is 2.30. The van der Waals surface area contributed by atoms with Crippen molar-refractivity contribution >= 4 is 10.9 Å². The number of hydrogen-bond donors (Lipinski definition) is 0. The first kappa shape index (κ1) is 24.7. The second-order valence-electron chi connectivity index (χ2n) is 8.36. The number of nitrogens with zero attached hydrogens (tertiary/aromatic N) is 4. The average molecular weight is 483 g/mol. The first-order valence-electron chi connectivity index (χ1n) is 11.9. The molecule has 0 spiro atoms. The first-order valence-corrected chi connectivity index (χ1v) is 11.9. The van der Waals surface area contributed by atoms with Crippen molar-refractivity contribution in [1.29, 1.82) is 0 Å². The zero-order chi connectivity index (χ0) is 25.3. The van der Waals surface area contributed by atoms with Gasteiger partial charge in [0.05, 0.1) is 22.5 Å². The number of pyridine rings is 2. The molecule has 0 bridgehead atoms. The lowest BCUT2D eigenvalue weighted by Gasteiger charge is -2.26. The Kier molecular flexibility index (Phi) is 6.85. The maximum absolute atomic E-state index is 12.9. The van der Waals surface area contributed by atoms with Crippen molar-refractivity contribution < 1.29 is 13.2 Å². The second kappa shape index (κ2) is 9.70. The number of halogens is 3. The van der Waals surface area contributed by atoms with E-state index in [2.05, 4.69) is 34.5 Å². The number of fused-ring (bicyclic) bond motifs is 3. The quantitative estimate of drug-likeness (QED) is 0.370. The van der Waals surface area contributed by atoms with Gasteiger partial charge in [-0.05, 0) is 42.4 Å². The number of aromatic nitrogens is 3. The van der Waals surface area contributed by atoms with E-state index in [1.807, 2.05) is 26.0 Å². The molecule has 1 aromatic carbocycles. The lowest BCUT2D eigenvalue weighted by Crippen LogP contribution is -2.30. The van der Waals surface area contributed by atoms with Crippen LogP contribution in [0.25, 0.3) is 27.8 Å². The number of aryl methyl sites for hydroxylation is 1. The summed E-state index contributed by atoms with van der Waals surface area (Å²) in [5, 5.41) is 1.20. The molecule has 0 saturated carbocycles. The molecule has 0 amide bonds. The van der Waals surface area contributed by atoms with E-state index in [-0.39, 0.29) is 5.56 Å². The van der Waals surface area contributed by atoms with Crippen LogP contribution in [-0.2, 0) is 26.2 Å². The van der Waals surface area contributed by atoms with E-state index >= 15 is 0 Å². The molecule has 0 fully saturated rings. The van der Waals surface area contributed by atoms with Crippen molar-refractivity contribution in [2.45, 2.75) is 39.9 Å². The summed E-state index contributed by atoms with van der Waals surface area (Å²) >= 11 is 0. The fourth-order valence-corrected chi connectivity index (χ4v) is 4.62. The van der Waals surface area contributed by atoms with Gasteiger partial charge in [0, 0.05) is 61.7 Å². The fourth-order valence-electron chi connectivity index (χ4n) is 4.62. The molecule has 0 aliphatic carbocycles. The van der Waals surface area contributed by atoms with Gasteiger partial charge in [0.15, 0.2) is 0 Å². The van der Waals surface area contributed by atoms with Gasteiger partial charge < -0.3 is 4.57 Å². The van der Waals surface area contributed by atoms with E-state index in [0.29, 0.717) is 11.3 Å². The minimum Gasteiger partial charge on any atom is -0.347 e. The van der Waals surface area contributed by atoms with E-state index in [1.165, 1.54) is 33.3 Å². The Morgan fingerprint density at radius 2 is 1.83 bits per heavy atom. The van der Waals surface area contributed by atoms with Crippen molar-refractivity contribution in [2.75, 3.05) is 13.1 Å². The van der Waals surface area contributed by atoms with Gasteiger partial charge in [-0.3, -0.25) is 19.2 Å². The van der Waals surface area contributed by atoms with Crippen molar-refractivity contribution in [2.24, 2.45) is 7.05 Å². The molecule has 5 nitrogen and oxygen atoms in total. The smallest absolute Gasteiger partial charge is 0.347 e. The molecule has 184 valence electrons. The van der Waals surface area contributed by atoms with Gasteiger partial charge in [-0.25, -0.2) is 0 Å². The van der Waals surface area contributed by atoms with Gasteiger partial charge in [-0.1, -0.05) is 26.8 Å². The van der Waals surface area contributed by atoms with E-state index < -0.39 is 11.7 Å². The van der Waals surface area contributed by atoms with Crippen molar-refractivity contribution in [3.63, 3.8) is 0 Å². The largest absolute Gasteiger partial charge is 0.417 e. The number of likely N-dealkylation sites (N-methyl/N-ethyl adjacent to an activating group) is 1. The molecule has 8 heteroatoms. The maximum atomic E-state index is 12.9. The maximum Gasteiger partial charge on any atom is 0.417 e. The molecule has 0 saturated heterocycles. The zero-order valence-corrected chi connectivity index (χ0v) is 20.4. The average Bonchev–Trinajstić information content (AvgIpc) is 3.15. The minimum absolute atomic E-state index is 0.273. The summed E-state index contributed by atoms with van der Waals surface area (Å²) in [6.07, 6.45) is -1.03. The van der Waals surface area contributed by atoms with E-state index in [4.69, 9.17) is 0 Å². The van der Waals surface area contributed by atoms with Gasteiger partial charge >= 0.3 is 6.18 Å². The first-order chi connectivity index (χ1) is 16.8. The van der Waals surface area contributed by atoms with Crippen LogP contribution in [0.3, 0.4) is 0 Å². The SMILES string of the molecule is CC.CCN1CCc2c(c3ccc(-n4ccc(-c5ccc(C(F)(F)F)cn5)cc4=O)cc3n2C)C1. The highest BCUT2D eigenvalue weighted by molar-refractivity contribution is 5.87. The third-order valence-corrected chi connectivity index (χ3v) is 6.50. The Labute approximate surface area is 202 Å². The van der Waals surface area contributed by atoms with Crippen LogP contribution in [-0.4, -0.2) is 32.1 Å². The number of alkyl halides is 3. The second-order valence-corrected chi connectivity index (χ2v) is 8.36. The van der Waals surface area contributed by atoms with Crippen LogP contribution in [0.4, 0.5) is 13.2 Å². The van der Waals surface area contributed by atoms with Crippen LogP contribution >= 0.6 is 0 Å². The topological polar surface area (TPSA) is 43.1 Å². The molecule has 1 aliphatic heterocycles. The highest BCUT2D eigenvalue weighted by atomic mass is 19.4. The number of rotatable bonds is 3. The Hall–Kier alpha value is -3.39. The van der Waals surface area contributed by atoms with Crippen LogP contribution in [0, 0.1) is 0 Å². The molecule has 35 heavy (non-hydrogen) atoms. The van der Waals surface area contributed by atoms with Crippen LogP contribution in [0.1, 0.15) is 37.6 Å². The summed E-state index contributed by atoms with van der Waals surface area (Å²) in [4.78, 5) is 19.2. The van der Waals surface area contributed by atoms with Gasteiger partial charge in [0.25, 0.3) is 5.56 Å². The van der Waals surface area contributed by atoms with Crippen LogP contribution in [0.15, 0.2) is 59.7 Å². The molecule has 3 aromatic heterocycles. The van der Waals surface area contributed by atoms with E-state index in [9.17, 15) is 18.0 Å². The molecule has 0 atom stereocenters. The van der Waals surface area contributed by atoms with Gasteiger partial charge in [-0.2, -0.15) is 13.2 Å². The van der Waals surface area contributed by atoms with Crippen molar-refractivity contribution in [3.05, 3.63) is 82.0 Å². The van der Waals surface area contributed by atoms with E-state index in [1.54, 1.807) is 12.3 Å². The molecular weight excluding hydrogens is 453 g/mol. The fraction of sp³-hybridized carbons (Fsp3) is 0.333. The predicted octanol–water partition coefficient (Wildman–Crippen LogP) is 5.81. The van der Waals surface area contributed by atoms with Gasteiger partial charge in [0.2, 0.25) is 0 Å². The van der Waals surface area contributed by atoms with Gasteiger partial charge in [0.1, 0.15) is 0 Å². The molecule has 4 aromatic rings. The summed E-state index contributed by atoms with van der Waals surface area (Å²) in [5.74, 6) is 0. The summed E-state index contributed by atoms with van der Waals surface area (Å²) in [6, 6.07) is 11.4. The van der Waals surface area contributed by atoms with Gasteiger partial charge in [-0.15, -0.1) is 0 Å². The predicted molar refractivity (Wildman–Crippen MR) is 133 cm³/mol. The number of benzene rings is 1. The Balaban J connectivity index is 0.00000141. The van der Waals surface area contributed by atoms with Crippen molar-refractivity contribution in [3.8, 4) is 16.9 Å². The third-order valence-electron chi connectivity index (χ3n) is 6.50. The summed E-state index contributed by atoms with van der Waals surface area (Å²) < 4.78 is 42.1. The van der Waals surface area contributed by atoms with Crippen LogP contribution in [0.5, 0.6) is 0 Å². The molecule has 5 rings (SSSR count). The zero-order valence-electron chi connectivity index (χ0n) is 20.4. The lowest BCUT2D eigenvalue weighted by atomic mass is 10.0.